The SMILES string of the molecule is COC1OC2COC(C)OC2C(O)C1O. The second-order valence-corrected chi connectivity index (χ2v) is 3.76. The Hall–Kier alpha value is -0.240. The fourth-order valence-corrected chi connectivity index (χ4v) is 1.89. The standard InChI is InChI=1S/C9H16O6/c1-4-13-3-5-8(14-4)6(10)7(11)9(12-2)15-5/h4-11H,3H2,1-2H3. The zero-order chi connectivity index (χ0) is 11.0. The molecule has 6 nitrogen and oxygen atoms in total. The molecule has 0 aromatic rings. The zero-order valence-corrected chi connectivity index (χ0v) is 8.70. The third-order valence-electron chi connectivity index (χ3n) is 2.72. The van der Waals surface area contributed by atoms with Gasteiger partial charge in [0.1, 0.15) is 24.4 Å². The Balaban J connectivity index is 2.07. The van der Waals surface area contributed by atoms with Crippen LogP contribution in [-0.2, 0) is 18.9 Å². The molecular formula is C9H16O6. The van der Waals surface area contributed by atoms with Crippen LogP contribution in [0.5, 0.6) is 0 Å². The van der Waals surface area contributed by atoms with E-state index in [1.807, 2.05) is 0 Å². The van der Waals surface area contributed by atoms with E-state index in [0.29, 0.717) is 6.61 Å². The molecule has 0 aromatic carbocycles. The minimum absolute atomic E-state index is 0.329. The Morgan fingerprint density at radius 2 is 1.93 bits per heavy atom. The quantitative estimate of drug-likeness (QED) is 0.580. The first-order valence-electron chi connectivity index (χ1n) is 4.95. The van der Waals surface area contributed by atoms with Gasteiger partial charge in [0.05, 0.1) is 6.61 Å². The molecule has 2 heterocycles. The average molecular weight is 220 g/mol. The summed E-state index contributed by atoms with van der Waals surface area (Å²) in [5.74, 6) is 0. The van der Waals surface area contributed by atoms with Crippen LogP contribution in [0.1, 0.15) is 6.92 Å². The summed E-state index contributed by atoms with van der Waals surface area (Å²) in [4.78, 5) is 0. The van der Waals surface area contributed by atoms with Gasteiger partial charge in [-0.05, 0) is 6.92 Å². The van der Waals surface area contributed by atoms with E-state index in [-0.39, 0.29) is 0 Å². The van der Waals surface area contributed by atoms with Crippen molar-refractivity contribution in [1.29, 1.82) is 0 Å². The fourth-order valence-electron chi connectivity index (χ4n) is 1.89. The van der Waals surface area contributed by atoms with Crippen LogP contribution in [0.15, 0.2) is 0 Å². The van der Waals surface area contributed by atoms with Crippen LogP contribution in [-0.4, -0.2) is 60.9 Å². The zero-order valence-electron chi connectivity index (χ0n) is 8.70. The van der Waals surface area contributed by atoms with Crippen LogP contribution in [0.3, 0.4) is 0 Å². The highest BCUT2D eigenvalue weighted by Crippen LogP contribution is 2.28. The monoisotopic (exact) mass is 220 g/mol. The lowest BCUT2D eigenvalue weighted by atomic mass is 9.98. The van der Waals surface area contributed by atoms with Crippen molar-refractivity contribution < 1.29 is 29.2 Å². The number of aliphatic hydroxyl groups is 2. The van der Waals surface area contributed by atoms with E-state index >= 15 is 0 Å². The molecule has 2 saturated heterocycles. The topological polar surface area (TPSA) is 77.4 Å². The van der Waals surface area contributed by atoms with Gasteiger partial charge in [0.2, 0.25) is 0 Å². The lowest BCUT2D eigenvalue weighted by molar-refractivity contribution is -0.352. The van der Waals surface area contributed by atoms with Gasteiger partial charge >= 0.3 is 0 Å². The van der Waals surface area contributed by atoms with Crippen molar-refractivity contribution in [1.82, 2.24) is 0 Å². The first-order chi connectivity index (χ1) is 7.13. The number of rotatable bonds is 1. The second-order valence-electron chi connectivity index (χ2n) is 3.76. The summed E-state index contributed by atoms with van der Waals surface area (Å²) >= 11 is 0. The molecule has 6 heteroatoms. The predicted molar refractivity (Wildman–Crippen MR) is 48.0 cm³/mol. The summed E-state index contributed by atoms with van der Waals surface area (Å²) in [5.41, 5.74) is 0. The molecular weight excluding hydrogens is 204 g/mol. The summed E-state index contributed by atoms with van der Waals surface area (Å²) < 4.78 is 20.9. The van der Waals surface area contributed by atoms with Gasteiger partial charge < -0.3 is 29.2 Å². The van der Waals surface area contributed by atoms with Gasteiger partial charge in [0, 0.05) is 7.11 Å². The van der Waals surface area contributed by atoms with Gasteiger partial charge in [0.15, 0.2) is 12.6 Å². The lowest BCUT2D eigenvalue weighted by Crippen LogP contribution is -2.62. The number of hydrogen-bond donors (Lipinski definition) is 2. The molecule has 0 amide bonds. The number of methoxy groups -OCH3 is 1. The summed E-state index contributed by atoms with van der Waals surface area (Å²) in [6, 6.07) is 0. The van der Waals surface area contributed by atoms with Gasteiger partial charge in [-0.1, -0.05) is 0 Å². The Bertz CT molecular complexity index is 221. The molecule has 0 radical (unpaired) electrons. The van der Waals surface area contributed by atoms with Crippen LogP contribution in [0.25, 0.3) is 0 Å². The Kier molecular flexibility index (Phi) is 3.24. The van der Waals surface area contributed by atoms with Crippen molar-refractivity contribution in [2.45, 2.75) is 43.9 Å². The fraction of sp³-hybridized carbons (Fsp3) is 1.00. The minimum atomic E-state index is -1.10. The molecule has 0 aliphatic carbocycles. The molecule has 88 valence electrons. The molecule has 2 aliphatic rings. The molecule has 2 rings (SSSR count). The molecule has 0 saturated carbocycles. The van der Waals surface area contributed by atoms with Crippen LogP contribution in [0.2, 0.25) is 0 Å². The van der Waals surface area contributed by atoms with E-state index in [1.165, 1.54) is 7.11 Å². The summed E-state index contributed by atoms with van der Waals surface area (Å²) in [6.45, 7) is 2.06. The van der Waals surface area contributed by atoms with E-state index in [0.717, 1.165) is 0 Å². The highest BCUT2D eigenvalue weighted by Gasteiger charge is 2.48. The minimum Gasteiger partial charge on any atom is -0.387 e. The van der Waals surface area contributed by atoms with Crippen molar-refractivity contribution >= 4 is 0 Å². The van der Waals surface area contributed by atoms with E-state index in [1.54, 1.807) is 6.92 Å². The van der Waals surface area contributed by atoms with Crippen molar-refractivity contribution in [3.05, 3.63) is 0 Å². The highest BCUT2D eigenvalue weighted by molar-refractivity contribution is 4.91. The molecule has 6 unspecified atom stereocenters. The Morgan fingerprint density at radius 3 is 2.60 bits per heavy atom. The first kappa shape index (κ1) is 11.3. The molecule has 2 fully saturated rings. The third-order valence-corrected chi connectivity index (χ3v) is 2.72. The van der Waals surface area contributed by atoms with E-state index in [9.17, 15) is 10.2 Å². The third kappa shape index (κ3) is 2.01. The molecule has 0 bridgehead atoms. The van der Waals surface area contributed by atoms with Gasteiger partial charge in [0.25, 0.3) is 0 Å². The smallest absolute Gasteiger partial charge is 0.186 e. The van der Waals surface area contributed by atoms with Crippen molar-refractivity contribution in [2.75, 3.05) is 13.7 Å². The van der Waals surface area contributed by atoms with Crippen LogP contribution < -0.4 is 0 Å². The van der Waals surface area contributed by atoms with Crippen molar-refractivity contribution in [3.8, 4) is 0 Å². The van der Waals surface area contributed by atoms with Gasteiger partial charge in [-0.15, -0.1) is 0 Å². The van der Waals surface area contributed by atoms with E-state index < -0.39 is 37.0 Å². The van der Waals surface area contributed by atoms with Crippen LogP contribution in [0, 0.1) is 0 Å². The van der Waals surface area contributed by atoms with E-state index in [4.69, 9.17) is 18.9 Å². The summed E-state index contributed by atoms with van der Waals surface area (Å²) in [7, 11) is 1.41. The van der Waals surface area contributed by atoms with Gasteiger partial charge in [-0.2, -0.15) is 0 Å². The average Bonchev–Trinajstić information content (AvgIpc) is 2.24. The lowest BCUT2D eigenvalue weighted by Gasteiger charge is -2.45. The molecule has 0 aromatic heterocycles. The first-order valence-corrected chi connectivity index (χ1v) is 4.95. The molecule has 2 aliphatic heterocycles. The van der Waals surface area contributed by atoms with Crippen LogP contribution in [0.4, 0.5) is 0 Å². The van der Waals surface area contributed by atoms with Gasteiger partial charge in [-0.25, -0.2) is 0 Å². The second kappa shape index (κ2) is 4.32. The number of hydrogen-bond acceptors (Lipinski definition) is 6. The molecule has 2 N–H and O–H groups in total. The van der Waals surface area contributed by atoms with Crippen molar-refractivity contribution in [2.24, 2.45) is 0 Å². The van der Waals surface area contributed by atoms with Crippen molar-refractivity contribution in [3.63, 3.8) is 0 Å². The maximum Gasteiger partial charge on any atom is 0.186 e. The van der Waals surface area contributed by atoms with E-state index in [2.05, 4.69) is 0 Å². The maximum atomic E-state index is 9.80. The Labute approximate surface area is 87.7 Å². The number of fused-ring (bicyclic) bond motifs is 1. The van der Waals surface area contributed by atoms with Crippen LogP contribution >= 0.6 is 0 Å². The largest absolute Gasteiger partial charge is 0.387 e. The molecule has 0 spiro atoms. The normalized spacial score (nSPS) is 51.2. The van der Waals surface area contributed by atoms with Gasteiger partial charge in [-0.3, -0.25) is 0 Å². The molecule has 6 atom stereocenters. The highest BCUT2D eigenvalue weighted by atomic mass is 16.7. The summed E-state index contributed by atoms with van der Waals surface area (Å²) in [5, 5.41) is 19.4. The number of aliphatic hydroxyl groups excluding tert-OH is 2. The predicted octanol–water partition coefficient (Wildman–Crippen LogP) is -1.16. The molecule has 15 heavy (non-hydrogen) atoms. The maximum absolute atomic E-state index is 9.80. The summed E-state index contributed by atoms with van der Waals surface area (Å²) in [6.07, 6.45) is -4.29. The number of ether oxygens (including phenoxy) is 4. The Morgan fingerprint density at radius 1 is 1.20 bits per heavy atom.